The standard InChI is InChI=1S/C13H13NO5/c15-12-8(6-9(14-12)13(16)17)7-1-2-10-11(5-7)19-4-3-18-10/h1-2,5,8-9H,3-4,6H2,(H,14,15)(H,16,17)/t8-,9?/m0/s1. The van der Waals surface area contributed by atoms with Gasteiger partial charge in [0.1, 0.15) is 19.3 Å². The second-order valence-electron chi connectivity index (χ2n) is 4.59. The molecule has 0 aromatic heterocycles. The Balaban J connectivity index is 1.86. The number of aliphatic carboxylic acids is 1. The lowest BCUT2D eigenvalue weighted by molar-refractivity contribution is -0.140. The molecule has 6 nitrogen and oxygen atoms in total. The number of rotatable bonds is 2. The van der Waals surface area contributed by atoms with Crippen molar-refractivity contribution in [2.75, 3.05) is 13.2 Å². The molecule has 6 heteroatoms. The number of ether oxygens (including phenoxy) is 2. The molecule has 0 spiro atoms. The highest BCUT2D eigenvalue weighted by molar-refractivity contribution is 5.92. The first-order chi connectivity index (χ1) is 9.15. The zero-order chi connectivity index (χ0) is 13.4. The van der Waals surface area contributed by atoms with Crippen molar-refractivity contribution >= 4 is 11.9 Å². The van der Waals surface area contributed by atoms with E-state index < -0.39 is 17.9 Å². The summed E-state index contributed by atoms with van der Waals surface area (Å²) >= 11 is 0. The second kappa shape index (κ2) is 4.46. The van der Waals surface area contributed by atoms with Crippen LogP contribution in [0.5, 0.6) is 11.5 Å². The van der Waals surface area contributed by atoms with Crippen molar-refractivity contribution in [2.45, 2.75) is 18.4 Å². The molecular formula is C13H13NO5. The highest BCUT2D eigenvalue weighted by atomic mass is 16.6. The van der Waals surface area contributed by atoms with Crippen molar-refractivity contribution in [2.24, 2.45) is 0 Å². The van der Waals surface area contributed by atoms with Gasteiger partial charge in [-0.25, -0.2) is 4.79 Å². The van der Waals surface area contributed by atoms with E-state index in [0.29, 0.717) is 24.7 Å². The fourth-order valence-electron chi connectivity index (χ4n) is 2.40. The van der Waals surface area contributed by atoms with E-state index in [1.165, 1.54) is 0 Å². The van der Waals surface area contributed by atoms with E-state index in [-0.39, 0.29) is 12.3 Å². The van der Waals surface area contributed by atoms with E-state index in [9.17, 15) is 9.59 Å². The molecule has 1 aromatic rings. The van der Waals surface area contributed by atoms with E-state index in [0.717, 1.165) is 5.56 Å². The van der Waals surface area contributed by atoms with Crippen LogP contribution in [0.3, 0.4) is 0 Å². The molecule has 0 radical (unpaired) electrons. The summed E-state index contributed by atoms with van der Waals surface area (Å²) in [5, 5.41) is 11.4. The predicted octanol–water partition coefficient (Wildman–Crippen LogP) is 0.514. The number of carbonyl (C=O) groups excluding carboxylic acids is 1. The number of carboxylic acid groups (broad SMARTS) is 1. The maximum atomic E-state index is 11.8. The summed E-state index contributed by atoms with van der Waals surface area (Å²) in [5.74, 6) is -0.451. The lowest BCUT2D eigenvalue weighted by atomic mass is 9.95. The van der Waals surface area contributed by atoms with Crippen molar-refractivity contribution in [1.29, 1.82) is 0 Å². The first-order valence-electron chi connectivity index (χ1n) is 6.08. The number of carboxylic acids is 1. The SMILES string of the molecule is O=C(O)C1C[C@@H](c2ccc3c(c2)OCCO3)C(=O)N1. The largest absolute Gasteiger partial charge is 0.486 e. The third-order valence-corrected chi connectivity index (χ3v) is 3.37. The number of benzene rings is 1. The van der Waals surface area contributed by atoms with E-state index in [1.807, 2.05) is 0 Å². The van der Waals surface area contributed by atoms with Crippen LogP contribution >= 0.6 is 0 Å². The normalized spacial score (nSPS) is 24.9. The topological polar surface area (TPSA) is 84.9 Å². The summed E-state index contributed by atoms with van der Waals surface area (Å²) in [4.78, 5) is 22.7. The van der Waals surface area contributed by atoms with Crippen LogP contribution in [-0.2, 0) is 9.59 Å². The zero-order valence-electron chi connectivity index (χ0n) is 10.1. The molecule has 2 heterocycles. The average Bonchev–Trinajstić information content (AvgIpc) is 2.80. The molecule has 0 bridgehead atoms. The van der Waals surface area contributed by atoms with E-state index >= 15 is 0 Å². The molecule has 1 saturated heterocycles. The number of fused-ring (bicyclic) bond motifs is 1. The molecule has 19 heavy (non-hydrogen) atoms. The van der Waals surface area contributed by atoms with Crippen LogP contribution in [0.4, 0.5) is 0 Å². The third kappa shape index (κ3) is 2.09. The van der Waals surface area contributed by atoms with Gasteiger partial charge in [0.25, 0.3) is 0 Å². The molecule has 2 aliphatic heterocycles. The Labute approximate surface area is 109 Å². The van der Waals surface area contributed by atoms with Gasteiger partial charge in [0.15, 0.2) is 11.5 Å². The van der Waals surface area contributed by atoms with Crippen LogP contribution in [0.15, 0.2) is 18.2 Å². The van der Waals surface area contributed by atoms with Crippen LogP contribution in [0.25, 0.3) is 0 Å². The number of nitrogens with one attached hydrogen (secondary N) is 1. The van der Waals surface area contributed by atoms with Crippen LogP contribution in [0.1, 0.15) is 17.9 Å². The number of amides is 1. The highest BCUT2D eigenvalue weighted by Gasteiger charge is 2.37. The summed E-state index contributed by atoms with van der Waals surface area (Å²) in [7, 11) is 0. The van der Waals surface area contributed by atoms with E-state index in [1.54, 1.807) is 18.2 Å². The van der Waals surface area contributed by atoms with E-state index in [2.05, 4.69) is 5.32 Å². The first-order valence-corrected chi connectivity index (χ1v) is 6.08. The summed E-state index contributed by atoms with van der Waals surface area (Å²) in [5.41, 5.74) is 0.755. The van der Waals surface area contributed by atoms with Gasteiger partial charge >= 0.3 is 5.97 Å². The molecule has 1 aromatic carbocycles. The van der Waals surface area contributed by atoms with Gasteiger partial charge in [0.05, 0.1) is 5.92 Å². The maximum absolute atomic E-state index is 11.8. The van der Waals surface area contributed by atoms with Crippen LogP contribution in [-0.4, -0.2) is 36.2 Å². The van der Waals surface area contributed by atoms with Gasteiger partial charge < -0.3 is 19.9 Å². The van der Waals surface area contributed by atoms with Crippen molar-refractivity contribution < 1.29 is 24.2 Å². The molecule has 1 amide bonds. The molecular weight excluding hydrogens is 250 g/mol. The number of hydrogen-bond acceptors (Lipinski definition) is 4. The van der Waals surface area contributed by atoms with Crippen molar-refractivity contribution in [1.82, 2.24) is 5.32 Å². The molecule has 3 rings (SSSR count). The molecule has 2 N–H and O–H groups in total. The summed E-state index contributed by atoms with van der Waals surface area (Å²) < 4.78 is 10.9. The number of hydrogen-bond donors (Lipinski definition) is 2. The molecule has 2 aliphatic rings. The maximum Gasteiger partial charge on any atom is 0.326 e. The lowest BCUT2D eigenvalue weighted by Crippen LogP contribution is -2.32. The van der Waals surface area contributed by atoms with Crippen molar-refractivity contribution in [3.63, 3.8) is 0 Å². The minimum absolute atomic E-state index is 0.258. The Morgan fingerprint density at radius 3 is 2.68 bits per heavy atom. The van der Waals surface area contributed by atoms with Gasteiger partial charge in [-0.15, -0.1) is 0 Å². The Kier molecular flexibility index (Phi) is 2.77. The molecule has 0 saturated carbocycles. The van der Waals surface area contributed by atoms with Crippen molar-refractivity contribution in [3.05, 3.63) is 23.8 Å². The average molecular weight is 263 g/mol. The fourth-order valence-corrected chi connectivity index (χ4v) is 2.40. The van der Waals surface area contributed by atoms with Gasteiger partial charge in [-0.2, -0.15) is 0 Å². The van der Waals surface area contributed by atoms with Crippen LogP contribution in [0.2, 0.25) is 0 Å². The molecule has 1 fully saturated rings. The van der Waals surface area contributed by atoms with Crippen LogP contribution in [0, 0.1) is 0 Å². The Bertz CT molecular complexity index is 542. The Hall–Kier alpha value is -2.24. The minimum atomic E-state index is -1.01. The predicted molar refractivity (Wildman–Crippen MR) is 64.4 cm³/mol. The van der Waals surface area contributed by atoms with Crippen molar-refractivity contribution in [3.8, 4) is 11.5 Å². The minimum Gasteiger partial charge on any atom is -0.486 e. The monoisotopic (exact) mass is 263 g/mol. The van der Waals surface area contributed by atoms with E-state index in [4.69, 9.17) is 14.6 Å². The van der Waals surface area contributed by atoms with Crippen LogP contribution < -0.4 is 14.8 Å². The van der Waals surface area contributed by atoms with Gasteiger partial charge in [-0.05, 0) is 24.1 Å². The zero-order valence-corrected chi connectivity index (χ0v) is 10.1. The molecule has 100 valence electrons. The molecule has 2 atom stereocenters. The molecule has 1 unspecified atom stereocenters. The summed E-state index contributed by atoms with van der Waals surface area (Å²) in [6, 6.07) is 4.47. The van der Waals surface area contributed by atoms with Gasteiger partial charge in [-0.1, -0.05) is 6.07 Å². The van der Waals surface area contributed by atoms with Gasteiger partial charge in [0.2, 0.25) is 5.91 Å². The summed E-state index contributed by atoms with van der Waals surface area (Å²) in [6.45, 7) is 0.989. The summed E-state index contributed by atoms with van der Waals surface area (Å²) in [6.07, 6.45) is 0.258. The number of carbonyl (C=O) groups is 2. The van der Waals surface area contributed by atoms with Gasteiger partial charge in [0, 0.05) is 0 Å². The first kappa shape index (κ1) is 11.8. The fraction of sp³-hybridized carbons (Fsp3) is 0.385. The van der Waals surface area contributed by atoms with Gasteiger partial charge in [-0.3, -0.25) is 4.79 Å². The smallest absolute Gasteiger partial charge is 0.326 e. The second-order valence-corrected chi connectivity index (χ2v) is 4.59. The lowest BCUT2D eigenvalue weighted by Gasteiger charge is -2.19. The quantitative estimate of drug-likeness (QED) is 0.812. The third-order valence-electron chi connectivity index (χ3n) is 3.37. The Morgan fingerprint density at radius 2 is 2.00 bits per heavy atom. The highest BCUT2D eigenvalue weighted by Crippen LogP contribution is 2.35. The Morgan fingerprint density at radius 1 is 1.26 bits per heavy atom. The molecule has 0 aliphatic carbocycles.